The van der Waals surface area contributed by atoms with Gasteiger partial charge < -0.3 is 4.74 Å². The summed E-state index contributed by atoms with van der Waals surface area (Å²) in [5.41, 5.74) is 0.116. The first-order chi connectivity index (χ1) is 5.17. The average molecular weight is 153 g/mol. The molecule has 0 saturated carbocycles. The lowest BCUT2D eigenvalue weighted by Gasteiger charge is -2.40. The maximum atomic E-state index is 5.35. The SMILES string of the molecule is C#CCN1CCOCC1(C)C. The lowest BCUT2D eigenvalue weighted by molar-refractivity contribution is -0.0440. The van der Waals surface area contributed by atoms with Crippen LogP contribution in [0.4, 0.5) is 0 Å². The summed E-state index contributed by atoms with van der Waals surface area (Å²) in [7, 11) is 0. The number of terminal acetylenes is 1. The number of ether oxygens (including phenoxy) is 1. The van der Waals surface area contributed by atoms with Crippen molar-refractivity contribution < 1.29 is 4.74 Å². The highest BCUT2D eigenvalue weighted by Gasteiger charge is 2.29. The molecule has 1 aliphatic rings. The zero-order valence-electron chi connectivity index (χ0n) is 7.26. The van der Waals surface area contributed by atoms with Gasteiger partial charge >= 0.3 is 0 Å². The first-order valence-corrected chi connectivity index (χ1v) is 3.93. The summed E-state index contributed by atoms with van der Waals surface area (Å²) in [4.78, 5) is 2.27. The third kappa shape index (κ3) is 1.95. The fraction of sp³-hybridized carbons (Fsp3) is 0.778. The zero-order valence-corrected chi connectivity index (χ0v) is 7.26. The zero-order chi connectivity index (χ0) is 8.32. The number of rotatable bonds is 1. The van der Waals surface area contributed by atoms with Crippen LogP contribution in [0.15, 0.2) is 0 Å². The molecule has 0 aromatic heterocycles. The molecule has 2 heteroatoms. The second kappa shape index (κ2) is 3.25. The lowest BCUT2D eigenvalue weighted by atomic mass is 10.0. The minimum Gasteiger partial charge on any atom is -0.378 e. The van der Waals surface area contributed by atoms with Gasteiger partial charge in [0.15, 0.2) is 0 Å². The van der Waals surface area contributed by atoms with Gasteiger partial charge in [-0.05, 0) is 13.8 Å². The van der Waals surface area contributed by atoms with Crippen LogP contribution in [-0.2, 0) is 4.74 Å². The Morgan fingerprint density at radius 3 is 2.91 bits per heavy atom. The molecular weight excluding hydrogens is 138 g/mol. The van der Waals surface area contributed by atoms with Crippen LogP contribution in [0.3, 0.4) is 0 Å². The highest BCUT2D eigenvalue weighted by atomic mass is 16.5. The van der Waals surface area contributed by atoms with Crippen molar-refractivity contribution in [2.45, 2.75) is 19.4 Å². The van der Waals surface area contributed by atoms with Crippen LogP contribution in [0.2, 0.25) is 0 Å². The first-order valence-electron chi connectivity index (χ1n) is 3.93. The molecule has 0 aromatic carbocycles. The van der Waals surface area contributed by atoms with E-state index in [0.717, 1.165) is 26.3 Å². The summed E-state index contributed by atoms with van der Waals surface area (Å²) in [6.07, 6.45) is 5.25. The van der Waals surface area contributed by atoms with Crippen LogP contribution >= 0.6 is 0 Å². The third-order valence-electron chi connectivity index (χ3n) is 2.10. The van der Waals surface area contributed by atoms with Gasteiger partial charge in [-0.3, -0.25) is 4.90 Å². The Labute approximate surface area is 68.5 Å². The highest BCUT2D eigenvalue weighted by molar-refractivity contribution is 4.94. The standard InChI is InChI=1S/C9H15NO/c1-4-5-10-6-7-11-8-9(10,2)3/h1H,5-8H2,2-3H3. The Balaban J connectivity index is 2.54. The number of hydrogen-bond donors (Lipinski definition) is 0. The molecule has 0 unspecified atom stereocenters. The molecule has 0 spiro atoms. The van der Waals surface area contributed by atoms with E-state index in [2.05, 4.69) is 24.7 Å². The normalized spacial score (nSPS) is 24.5. The Hall–Kier alpha value is -0.520. The Kier molecular flexibility index (Phi) is 2.53. The van der Waals surface area contributed by atoms with Gasteiger partial charge in [0.2, 0.25) is 0 Å². The van der Waals surface area contributed by atoms with E-state index in [4.69, 9.17) is 11.2 Å². The van der Waals surface area contributed by atoms with Gasteiger partial charge in [-0.15, -0.1) is 6.42 Å². The van der Waals surface area contributed by atoms with Crippen molar-refractivity contribution in [1.29, 1.82) is 0 Å². The largest absolute Gasteiger partial charge is 0.378 e. The summed E-state index contributed by atoms with van der Waals surface area (Å²) in [5, 5.41) is 0. The van der Waals surface area contributed by atoms with Gasteiger partial charge in [-0.1, -0.05) is 5.92 Å². The third-order valence-corrected chi connectivity index (χ3v) is 2.10. The smallest absolute Gasteiger partial charge is 0.0646 e. The van der Waals surface area contributed by atoms with Crippen molar-refractivity contribution in [2.24, 2.45) is 0 Å². The van der Waals surface area contributed by atoms with Crippen molar-refractivity contribution in [3.8, 4) is 12.3 Å². The van der Waals surface area contributed by atoms with Crippen molar-refractivity contribution >= 4 is 0 Å². The Morgan fingerprint density at radius 2 is 2.36 bits per heavy atom. The number of nitrogens with zero attached hydrogens (tertiary/aromatic N) is 1. The summed E-state index contributed by atoms with van der Waals surface area (Å²) < 4.78 is 5.35. The minimum absolute atomic E-state index is 0.116. The maximum Gasteiger partial charge on any atom is 0.0646 e. The summed E-state index contributed by atoms with van der Waals surface area (Å²) >= 11 is 0. The maximum absolute atomic E-state index is 5.35. The Morgan fingerprint density at radius 1 is 1.64 bits per heavy atom. The summed E-state index contributed by atoms with van der Waals surface area (Å²) in [6.45, 7) is 7.60. The molecule has 0 atom stereocenters. The van der Waals surface area contributed by atoms with Crippen LogP contribution in [0.25, 0.3) is 0 Å². The first kappa shape index (κ1) is 8.58. The van der Waals surface area contributed by atoms with Crippen molar-refractivity contribution in [2.75, 3.05) is 26.3 Å². The molecule has 0 aliphatic carbocycles. The molecule has 0 N–H and O–H groups in total. The van der Waals surface area contributed by atoms with Gasteiger partial charge in [0.1, 0.15) is 0 Å². The molecule has 0 aromatic rings. The average Bonchev–Trinajstić information content (AvgIpc) is 1.94. The van der Waals surface area contributed by atoms with E-state index in [1.807, 2.05) is 0 Å². The molecule has 1 aliphatic heterocycles. The predicted molar refractivity (Wildman–Crippen MR) is 45.3 cm³/mol. The summed E-state index contributed by atoms with van der Waals surface area (Å²) in [6, 6.07) is 0. The molecule has 0 bridgehead atoms. The highest BCUT2D eigenvalue weighted by Crippen LogP contribution is 2.17. The van der Waals surface area contributed by atoms with E-state index in [1.54, 1.807) is 0 Å². The fourth-order valence-electron chi connectivity index (χ4n) is 1.29. The van der Waals surface area contributed by atoms with E-state index >= 15 is 0 Å². The van der Waals surface area contributed by atoms with E-state index < -0.39 is 0 Å². The van der Waals surface area contributed by atoms with Crippen LogP contribution in [-0.4, -0.2) is 36.7 Å². The molecule has 2 nitrogen and oxygen atoms in total. The van der Waals surface area contributed by atoms with Crippen LogP contribution in [0.5, 0.6) is 0 Å². The van der Waals surface area contributed by atoms with E-state index in [9.17, 15) is 0 Å². The topological polar surface area (TPSA) is 12.5 Å². The quantitative estimate of drug-likeness (QED) is 0.515. The number of morpholine rings is 1. The Bertz CT molecular complexity index is 169. The predicted octanol–water partition coefficient (Wildman–Crippen LogP) is 0.730. The van der Waals surface area contributed by atoms with Gasteiger partial charge in [0, 0.05) is 12.1 Å². The van der Waals surface area contributed by atoms with E-state index in [0.29, 0.717) is 0 Å². The summed E-state index contributed by atoms with van der Waals surface area (Å²) in [5.74, 6) is 2.66. The molecule has 0 radical (unpaired) electrons. The molecule has 11 heavy (non-hydrogen) atoms. The van der Waals surface area contributed by atoms with Gasteiger partial charge in [0.25, 0.3) is 0 Å². The van der Waals surface area contributed by atoms with Crippen molar-refractivity contribution in [3.05, 3.63) is 0 Å². The van der Waals surface area contributed by atoms with Crippen molar-refractivity contribution in [1.82, 2.24) is 4.90 Å². The molecule has 1 fully saturated rings. The molecule has 1 rings (SSSR count). The van der Waals surface area contributed by atoms with E-state index in [1.165, 1.54) is 0 Å². The van der Waals surface area contributed by atoms with Crippen LogP contribution in [0, 0.1) is 12.3 Å². The monoisotopic (exact) mass is 153 g/mol. The second-order valence-electron chi connectivity index (χ2n) is 3.49. The molecule has 1 heterocycles. The molecule has 62 valence electrons. The lowest BCUT2D eigenvalue weighted by Crippen LogP contribution is -2.52. The van der Waals surface area contributed by atoms with E-state index in [-0.39, 0.29) is 5.54 Å². The van der Waals surface area contributed by atoms with Crippen LogP contribution in [0.1, 0.15) is 13.8 Å². The minimum atomic E-state index is 0.116. The van der Waals surface area contributed by atoms with Crippen LogP contribution < -0.4 is 0 Å². The second-order valence-corrected chi connectivity index (χ2v) is 3.49. The molecule has 0 amide bonds. The fourth-order valence-corrected chi connectivity index (χ4v) is 1.29. The molecular formula is C9H15NO. The molecule has 1 saturated heterocycles. The number of hydrogen-bond acceptors (Lipinski definition) is 2. The van der Waals surface area contributed by atoms with Crippen molar-refractivity contribution in [3.63, 3.8) is 0 Å². The van der Waals surface area contributed by atoms with Gasteiger partial charge in [-0.25, -0.2) is 0 Å². The van der Waals surface area contributed by atoms with Gasteiger partial charge in [-0.2, -0.15) is 0 Å². The van der Waals surface area contributed by atoms with Gasteiger partial charge in [0.05, 0.1) is 19.8 Å².